The van der Waals surface area contributed by atoms with Crippen molar-refractivity contribution >= 4 is 11.9 Å². The van der Waals surface area contributed by atoms with Crippen LogP contribution in [-0.4, -0.2) is 24.5 Å². The van der Waals surface area contributed by atoms with Crippen molar-refractivity contribution in [2.75, 3.05) is 6.54 Å². The highest BCUT2D eigenvalue weighted by Gasteiger charge is 2.18. The number of ether oxygens (including phenoxy) is 1. The molecule has 0 aromatic heterocycles. The Bertz CT molecular complexity index is 452. The lowest BCUT2D eigenvalue weighted by molar-refractivity contribution is -0.150. The van der Waals surface area contributed by atoms with Crippen LogP contribution >= 0.6 is 0 Å². The molecule has 1 amide bonds. The normalized spacial score (nSPS) is 12.0. The molecule has 0 aromatic carbocycles. The van der Waals surface area contributed by atoms with E-state index in [-0.39, 0.29) is 18.0 Å². The predicted molar refractivity (Wildman–Crippen MR) is 146 cm³/mol. The summed E-state index contributed by atoms with van der Waals surface area (Å²) < 4.78 is 5.73. The van der Waals surface area contributed by atoms with Gasteiger partial charge in [-0.25, -0.2) is 0 Å². The summed E-state index contributed by atoms with van der Waals surface area (Å²) in [7, 11) is 0. The number of carbonyl (C=O) groups excluding carboxylic acids is 2. The van der Waals surface area contributed by atoms with Gasteiger partial charge < -0.3 is 10.1 Å². The van der Waals surface area contributed by atoms with E-state index >= 15 is 0 Å². The summed E-state index contributed by atoms with van der Waals surface area (Å²) in [5.41, 5.74) is 0. The number of nitrogens with one attached hydrogen (secondary N) is 1. The molecule has 0 saturated carbocycles. The summed E-state index contributed by atoms with van der Waals surface area (Å²) in [6.45, 7) is 7.06. The first kappa shape index (κ1) is 32.9. The molecule has 202 valence electrons. The van der Waals surface area contributed by atoms with Crippen molar-refractivity contribution in [2.45, 2.75) is 175 Å². The Balaban J connectivity index is 3.91. The fourth-order valence-electron chi connectivity index (χ4n) is 4.54. The van der Waals surface area contributed by atoms with Gasteiger partial charge in [0.15, 0.2) is 0 Å². The largest absolute Gasteiger partial charge is 0.462 e. The molecule has 0 unspecified atom stereocenters. The summed E-state index contributed by atoms with van der Waals surface area (Å²) >= 11 is 0. The molecule has 34 heavy (non-hydrogen) atoms. The maximum atomic E-state index is 12.4. The minimum absolute atomic E-state index is 0.00841. The van der Waals surface area contributed by atoms with Crippen LogP contribution in [-0.2, 0) is 14.3 Å². The van der Waals surface area contributed by atoms with Crippen molar-refractivity contribution < 1.29 is 14.3 Å². The second-order valence-corrected chi connectivity index (χ2v) is 10.2. The van der Waals surface area contributed by atoms with E-state index in [1.165, 1.54) is 103 Å². The molecule has 1 N–H and O–H groups in total. The van der Waals surface area contributed by atoms with Crippen LogP contribution in [0, 0.1) is 0 Å². The fraction of sp³-hybridized carbons (Fsp3) is 0.933. The molecule has 0 rings (SSSR count). The zero-order chi connectivity index (χ0) is 25.1. The lowest BCUT2D eigenvalue weighted by atomic mass is 10.0. The van der Waals surface area contributed by atoms with Crippen LogP contribution in [0.4, 0.5) is 0 Å². The number of hydrogen-bond donors (Lipinski definition) is 1. The first-order chi connectivity index (χ1) is 16.6. The highest BCUT2D eigenvalue weighted by atomic mass is 16.5. The Labute approximate surface area is 212 Å². The van der Waals surface area contributed by atoms with E-state index in [9.17, 15) is 9.59 Å². The van der Waals surface area contributed by atoms with Crippen molar-refractivity contribution in [3.8, 4) is 0 Å². The van der Waals surface area contributed by atoms with Gasteiger partial charge in [0.2, 0.25) is 5.91 Å². The SMILES string of the molecule is CCCCCCCCCCCCCC(=O)O[C@H](CCCCCCCCCCC)CC(=O)NCC. The Kier molecular flexibility index (Phi) is 25.7. The highest BCUT2D eigenvalue weighted by Crippen LogP contribution is 2.16. The third kappa shape index (κ3) is 24.1. The molecule has 4 heteroatoms. The van der Waals surface area contributed by atoms with Crippen LogP contribution in [0.15, 0.2) is 0 Å². The average molecular weight is 482 g/mol. The number of amides is 1. The molecule has 0 spiro atoms. The molecule has 0 aliphatic carbocycles. The lowest BCUT2D eigenvalue weighted by Crippen LogP contribution is -2.29. The van der Waals surface area contributed by atoms with Gasteiger partial charge >= 0.3 is 5.97 Å². The molecule has 0 saturated heterocycles. The van der Waals surface area contributed by atoms with Crippen LogP contribution in [0.25, 0.3) is 0 Å². The fourth-order valence-corrected chi connectivity index (χ4v) is 4.54. The standard InChI is InChI=1S/C30H59NO3/c1-4-7-9-11-13-15-16-18-20-22-24-26-30(33)34-28(27-29(32)31-6-3)25-23-21-19-17-14-12-10-8-5-2/h28H,4-27H2,1-3H3,(H,31,32)/t28-/m1/s1. The van der Waals surface area contributed by atoms with E-state index in [0.717, 1.165) is 32.1 Å². The van der Waals surface area contributed by atoms with Gasteiger partial charge in [-0.1, -0.05) is 129 Å². The van der Waals surface area contributed by atoms with Gasteiger partial charge in [0.05, 0.1) is 6.42 Å². The quantitative estimate of drug-likeness (QED) is 0.0990. The van der Waals surface area contributed by atoms with Crippen molar-refractivity contribution in [1.82, 2.24) is 5.32 Å². The Hall–Kier alpha value is -1.06. The van der Waals surface area contributed by atoms with Crippen LogP contribution in [0.5, 0.6) is 0 Å². The van der Waals surface area contributed by atoms with E-state index in [0.29, 0.717) is 19.4 Å². The molecule has 0 heterocycles. The maximum Gasteiger partial charge on any atom is 0.306 e. The van der Waals surface area contributed by atoms with Gasteiger partial charge in [-0.15, -0.1) is 0 Å². The van der Waals surface area contributed by atoms with Crippen molar-refractivity contribution in [3.05, 3.63) is 0 Å². The number of carbonyl (C=O) groups is 2. The zero-order valence-electron chi connectivity index (χ0n) is 23.3. The molecular weight excluding hydrogens is 422 g/mol. The number of hydrogen-bond acceptors (Lipinski definition) is 3. The molecule has 4 nitrogen and oxygen atoms in total. The minimum atomic E-state index is -0.267. The van der Waals surface area contributed by atoms with Crippen molar-refractivity contribution in [3.63, 3.8) is 0 Å². The Morgan fingerprint density at radius 3 is 1.44 bits per heavy atom. The van der Waals surface area contributed by atoms with E-state index < -0.39 is 0 Å². The number of unbranched alkanes of at least 4 members (excludes halogenated alkanes) is 18. The van der Waals surface area contributed by atoms with E-state index in [1.807, 2.05) is 6.92 Å². The Morgan fingerprint density at radius 1 is 0.588 bits per heavy atom. The second-order valence-electron chi connectivity index (χ2n) is 10.2. The number of rotatable bonds is 26. The lowest BCUT2D eigenvalue weighted by Gasteiger charge is -2.18. The molecule has 0 aliphatic rings. The molecule has 0 radical (unpaired) electrons. The van der Waals surface area contributed by atoms with Crippen LogP contribution in [0.1, 0.15) is 168 Å². The maximum absolute atomic E-state index is 12.4. The highest BCUT2D eigenvalue weighted by molar-refractivity contribution is 5.77. The van der Waals surface area contributed by atoms with Gasteiger partial charge in [0.25, 0.3) is 0 Å². The van der Waals surface area contributed by atoms with Gasteiger partial charge in [0.1, 0.15) is 6.10 Å². The van der Waals surface area contributed by atoms with E-state index in [2.05, 4.69) is 19.2 Å². The topological polar surface area (TPSA) is 55.4 Å². The van der Waals surface area contributed by atoms with E-state index in [1.54, 1.807) is 0 Å². The average Bonchev–Trinajstić information content (AvgIpc) is 2.81. The van der Waals surface area contributed by atoms with Crippen LogP contribution in [0.3, 0.4) is 0 Å². The molecular formula is C30H59NO3. The molecule has 0 aliphatic heterocycles. The van der Waals surface area contributed by atoms with Crippen LogP contribution in [0.2, 0.25) is 0 Å². The third-order valence-electron chi connectivity index (χ3n) is 6.70. The summed E-state index contributed by atoms with van der Waals surface area (Å²) in [4.78, 5) is 24.4. The number of esters is 1. The Morgan fingerprint density at radius 2 is 1.00 bits per heavy atom. The first-order valence-electron chi connectivity index (χ1n) is 15.1. The second kappa shape index (κ2) is 26.5. The summed E-state index contributed by atoms with van der Waals surface area (Å²) in [5, 5.41) is 2.84. The van der Waals surface area contributed by atoms with Crippen molar-refractivity contribution in [1.29, 1.82) is 0 Å². The minimum Gasteiger partial charge on any atom is -0.462 e. The van der Waals surface area contributed by atoms with Gasteiger partial charge in [-0.2, -0.15) is 0 Å². The van der Waals surface area contributed by atoms with E-state index in [4.69, 9.17) is 4.74 Å². The molecule has 0 aromatic rings. The molecule has 0 bridgehead atoms. The van der Waals surface area contributed by atoms with Gasteiger partial charge in [-0.3, -0.25) is 9.59 Å². The summed E-state index contributed by atoms with van der Waals surface area (Å²) in [6.07, 6.45) is 26.8. The van der Waals surface area contributed by atoms with Crippen molar-refractivity contribution in [2.24, 2.45) is 0 Å². The molecule has 0 fully saturated rings. The summed E-state index contributed by atoms with van der Waals surface area (Å²) in [6, 6.07) is 0. The smallest absolute Gasteiger partial charge is 0.306 e. The van der Waals surface area contributed by atoms with Gasteiger partial charge in [-0.05, 0) is 26.2 Å². The monoisotopic (exact) mass is 481 g/mol. The zero-order valence-corrected chi connectivity index (χ0v) is 23.3. The third-order valence-corrected chi connectivity index (χ3v) is 6.70. The van der Waals surface area contributed by atoms with Crippen LogP contribution < -0.4 is 5.32 Å². The summed E-state index contributed by atoms with van der Waals surface area (Å²) in [5.74, 6) is -0.132. The molecule has 1 atom stereocenters. The predicted octanol–water partition coefficient (Wildman–Crippen LogP) is 9.05. The first-order valence-corrected chi connectivity index (χ1v) is 15.1. The van der Waals surface area contributed by atoms with Gasteiger partial charge in [0, 0.05) is 13.0 Å².